The number of aliphatic imine (C=N–C) groups is 1. The zero-order valence-corrected chi connectivity index (χ0v) is 20.6. The highest BCUT2D eigenvalue weighted by atomic mass is 35.5. The van der Waals surface area contributed by atoms with Crippen molar-refractivity contribution in [1.29, 1.82) is 0 Å². The van der Waals surface area contributed by atoms with Crippen molar-refractivity contribution in [3.05, 3.63) is 101 Å². The van der Waals surface area contributed by atoms with E-state index >= 15 is 0 Å². The first-order valence-electron chi connectivity index (χ1n) is 11.2. The van der Waals surface area contributed by atoms with Crippen LogP contribution in [0.5, 0.6) is 0 Å². The van der Waals surface area contributed by atoms with E-state index in [1.54, 1.807) is 0 Å². The number of β-amino-alcohol motifs (C(OH)–C–C–N with tert-alkyl or cyclic N) is 1. The van der Waals surface area contributed by atoms with Crippen LogP contribution in [0.4, 0.5) is 11.4 Å². The fraction of sp³-hybridized carbons (Fsp3) is 0.276. The Labute approximate surface area is 204 Å². The third-order valence-corrected chi connectivity index (χ3v) is 6.38. The Hall–Kier alpha value is -2.88. The van der Waals surface area contributed by atoms with Gasteiger partial charge in [-0.2, -0.15) is 0 Å². The molecular formula is C29H33ClN2O. The summed E-state index contributed by atoms with van der Waals surface area (Å²) in [6, 6.07) is 14.8. The van der Waals surface area contributed by atoms with E-state index in [0.717, 1.165) is 11.3 Å². The van der Waals surface area contributed by atoms with Gasteiger partial charge in [0, 0.05) is 40.5 Å². The summed E-state index contributed by atoms with van der Waals surface area (Å²) in [4.78, 5) is 6.86. The van der Waals surface area contributed by atoms with E-state index in [9.17, 15) is 5.11 Å². The number of benzene rings is 2. The smallest absolute Gasteiger partial charge is 0.0739 e. The normalized spacial score (nSPS) is 19.1. The van der Waals surface area contributed by atoms with Gasteiger partial charge >= 0.3 is 0 Å². The Balaban J connectivity index is 0.00000306. The number of fused-ring (bicyclic) bond motifs is 2. The molecule has 0 amide bonds. The zero-order chi connectivity index (χ0) is 22.8. The van der Waals surface area contributed by atoms with E-state index < -0.39 is 0 Å². The summed E-state index contributed by atoms with van der Waals surface area (Å²) in [6.07, 6.45) is 16.6. The molecule has 2 heterocycles. The highest BCUT2D eigenvalue weighted by Crippen LogP contribution is 2.47. The largest absolute Gasteiger partial charge is 0.395 e. The van der Waals surface area contributed by atoms with Gasteiger partial charge in [-0.3, -0.25) is 4.99 Å². The number of aliphatic hydroxyl groups is 1. The predicted molar refractivity (Wildman–Crippen MR) is 144 cm³/mol. The van der Waals surface area contributed by atoms with Crippen molar-refractivity contribution in [2.24, 2.45) is 4.99 Å². The molecule has 0 aliphatic carbocycles. The molecule has 0 aromatic heterocycles. The summed E-state index contributed by atoms with van der Waals surface area (Å²) < 4.78 is 0. The van der Waals surface area contributed by atoms with Crippen molar-refractivity contribution in [3.8, 4) is 0 Å². The SMILES string of the molecule is CC1(C)C=Nc2c(/C=C/C=C/C=C/C=C3\N(CCO)c4ccccc4C3(C)C)cccc21.Cl. The number of rotatable bonds is 6. The molecule has 0 spiro atoms. The highest BCUT2D eigenvalue weighted by Gasteiger charge is 2.39. The van der Waals surface area contributed by atoms with Crippen LogP contribution < -0.4 is 4.90 Å². The maximum absolute atomic E-state index is 9.58. The van der Waals surface area contributed by atoms with Gasteiger partial charge in [-0.1, -0.05) is 101 Å². The molecule has 2 aromatic carbocycles. The number of anilines is 1. The molecule has 2 aliphatic rings. The van der Waals surface area contributed by atoms with Crippen LogP contribution in [0.1, 0.15) is 44.4 Å². The number of aliphatic hydroxyl groups excluding tert-OH is 1. The molecule has 2 aliphatic heterocycles. The minimum Gasteiger partial charge on any atom is -0.395 e. The Morgan fingerprint density at radius 1 is 0.879 bits per heavy atom. The predicted octanol–water partition coefficient (Wildman–Crippen LogP) is 6.90. The average molecular weight is 461 g/mol. The Bertz CT molecular complexity index is 1150. The van der Waals surface area contributed by atoms with Gasteiger partial charge in [-0.25, -0.2) is 0 Å². The number of nitrogens with zero attached hydrogens (tertiary/aromatic N) is 2. The second-order valence-corrected chi connectivity index (χ2v) is 9.42. The van der Waals surface area contributed by atoms with Crippen LogP contribution >= 0.6 is 12.4 Å². The van der Waals surface area contributed by atoms with Gasteiger partial charge in [-0.15, -0.1) is 12.4 Å². The Morgan fingerprint density at radius 2 is 1.58 bits per heavy atom. The van der Waals surface area contributed by atoms with E-state index in [4.69, 9.17) is 0 Å². The second-order valence-electron chi connectivity index (χ2n) is 9.42. The molecule has 0 saturated heterocycles. The first kappa shape index (κ1) is 24.8. The van der Waals surface area contributed by atoms with E-state index in [2.05, 4.69) is 104 Å². The summed E-state index contributed by atoms with van der Waals surface area (Å²) in [5, 5.41) is 9.58. The van der Waals surface area contributed by atoms with Gasteiger partial charge < -0.3 is 10.0 Å². The number of para-hydroxylation sites is 2. The minimum atomic E-state index is -0.0955. The molecular weight excluding hydrogens is 428 g/mol. The fourth-order valence-corrected chi connectivity index (χ4v) is 4.64. The van der Waals surface area contributed by atoms with Gasteiger partial charge in [0.2, 0.25) is 0 Å². The van der Waals surface area contributed by atoms with Crippen LogP contribution in [0, 0.1) is 0 Å². The topological polar surface area (TPSA) is 35.8 Å². The molecule has 3 nitrogen and oxygen atoms in total. The molecule has 0 unspecified atom stereocenters. The van der Waals surface area contributed by atoms with Crippen molar-refractivity contribution in [2.45, 2.75) is 38.5 Å². The van der Waals surface area contributed by atoms with Crippen molar-refractivity contribution in [2.75, 3.05) is 18.1 Å². The summed E-state index contributed by atoms with van der Waals surface area (Å²) in [5.74, 6) is 0. The third kappa shape index (κ3) is 4.75. The quantitative estimate of drug-likeness (QED) is 0.476. The lowest BCUT2D eigenvalue weighted by Crippen LogP contribution is -2.28. The lowest BCUT2D eigenvalue weighted by atomic mass is 9.84. The molecule has 0 radical (unpaired) electrons. The molecule has 0 saturated carbocycles. The van der Waals surface area contributed by atoms with Gasteiger partial charge in [-0.05, 0) is 23.3 Å². The number of hydrogen-bond donors (Lipinski definition) is 1. The molecule has 4 heteroatoms. The second kappa shape index (κ2) is 9.94. The lowest BCUT2D eigenvalue weighted by Gasteiger charge is -2.26. The summed E-state index contributed by atoms with van der Waals surface area (Å²) in [7, 11) is 0. The van der Waals surface area contributed by atoms with Crippen LogP contribution in [0.25, 0.3) is 6.08 Å². The van der Waals surface area contributed by atoms with E-state index in [1.165, 1.54) is 22.5 Å². The molecule has 172 valence electrons. The summed E-state index contributed by atoms with van der Waals surface area (Å²) in [6.45, 7) is 9.59. The van der Waals surface area contributed by atoms with Gasteiger partial charge in [0.1, 0.15) is 0 Å². The van der Waals surface area contributed by atoms with E-state index in [1.807, 2.05) is 24.4 Å². The van der Waals surface area contributed by atoms with Crippen molar-refractivity contribution in [1.82, 2.24) is 0 Å². The first-order valence-corrected chi connectivity index (χ1v) is 11.2. The minimum absolute atomic E-state index is 0. The van der Waals surface area contributed by atoms with Crippen LogP contribution in [0.2, 0.25) is 0 Å². The van der Waals surface area contributed by atoms with Crippen LogP contribution in [0.3, 0.4) is 0 Å². The summed E-state index contributed by atoms with van der Waals surface area (Å²) >= 11 is 0. The van der Waals surface area contributed by atoms with Crippen LogP contribution in [-0.4, -0.2) is 24.5 Å². The van der Waals surface area contributed by atoms with Gasteiger partial charge in [0.15, 0.2) is 0 Å². The number of allylic oxidation sites excluding steroid dienone is 7. The van der Waals surface area contributed by atoms with Gasteiger partial charge in [0.05, 0.1) is 12.3 Å². The fourth-order valence-electron chi connectivity index (χ4n) is 4.64. The van der Waals surface area contributed by atoms with Gasteiger partial charge in [0.25, 0.3) is 0 Å². The molecule has 33 heavy (non-hydrogen) atoms. The van der Waals surface area contributed by atoms with Crippen molar-refractivity contribution in [3.63, 3.8) is 0 Å². The molecule has 0 fully saturated rings. The maximum atomic E-state index is 9.58. The third-order valence-electron chi connectivity index (χ3n) is 6.38. The first-order chi connectivity index (χ1) is 15.4. The maximum Gasteiger partial charge on any atom is 0.0739 e. The lowest BCUT2D eigenvalue weighted by molar-refractivity contribution is 0.304. The number of halogens is 1. The Kier molecular flexibility index (Phi) is 7.46. The van der Waals surface area contributed by atoms with E-state index in [0.29, 0.717) is 6.54 Å². The summed E-state index contributed by atoms with van der Waals surface area (Å²) in [5.41, 5.74) is 7.10. The average Bonchev–Trinajstić information content (AvgIpc) is 3.20. The zero-order valence-electron chi connectivity index (χ0n) is 19.8. The van der Waals surface area contributed by atoms with Crippen molar-refractivity contribution < 1.29 is 5.11 Å². The molecule has 0 bridgehead atoms. The highest BCUT2D eigenvalue weighted by molar-refractivity contribution is 5.88. The Morgan fingerprint density at radius 3 is 2.36 bits per heavy atom. The molecule has 1 N–H and O–H groups in total. The van der Waals surface area contributed by atoms with Crippen LogP contribution in [0.15, 0.2) is 89.6 Å². The van der Waals surface area contributed by atoms with Crippen LogP contribution in [-0.2, 0) is 10.8 Å². The standard InChI is InChI=1S/C29H32N2O.ClH/c1-28(2)21-30-27-22(14-12-16-24(27)28)13-8-6-5-7-9-18-26-29(3,4)23-15-10-11-17-25(23)31(26)19-20-32;/h5-18,21,32H,19-20H2,1-4H3;1H/b6-5+,9-7+,13-8+,26-18-;. The molecule has 0 atom stereocenters. The number of hydrogen-bond acceptors (Lipinski definition) is 3. The van der Waals surface area contributed by atoms with Crippen molar-refractivity contribution >= 4 is 36.1 Å². The monoisotopic (exact) mass is 460 g/mol. The van der Waals surface area contributed by atoms with E-state index in [-0.39, 0.29) is 29.8 Å². The molecule has 2 aromatic rings. The molecule has 4 rings (SSSR count).